The van der Waals surface area contributed by atoms with Crippen LogP contribution < -0.4 is 0 Å². The van der Waals surface area contributed by atoms with Crippen LogP contribution in [-0.2, 0) is 6.42 Å². The first-order chi connectivity index (χ1) is 16.4. The summed E-state index contributed by atoms with van der Waals surface area (Å²) in [5, 5.41) is 0. The van der Waals surface area contributed by atoms with E-state index >= 15 is 0 Å². The van der Waals surface area contributed by atoms with Crippen LogP contribution in [0.4, 0.5) is 0 Å². The maximum atomic E-state index is 2.22. The van der Waals surface area contributed by atoms with Crippen LogP contribution in [0.2, 0.25) is 0 Å². The van der Waals surface area contributed by atoms with Gasteiger partial charge in [0.05, 0.1) is 0 Å². The van der Waals surface area contributed by atoms with Crippen LogP contribution in [0, 0.1) is 0 Å². The van der Waals surface area contributed by atoms with Crippen LogP contribution in [0.15, 0.2) is 109 Å². The molecule has 0 saturated heterocycles. The molecule has 0 heterocycles. The third-order valence-corrected chi connectivity index (χ3v) is 4.59. The molecular weight excluding hydrogens is 396 g/mol. The van der Waals surface area contributed by atoms with Crippen molar-refractivity contribution in [1.82, 2.24) is 0 Å². The summed E-state index contributed by atoms with van der Waals surface area (Å²) in [6.45, 7) is 16.0. The Kier molecular flexibility index (Phi) is 17.7. The van der Waals surface area contributed by atoms with Gasteiger partial charge in [0.2, 0.25) is 0 Å². The van der Waals surface area contributed by atoms with E-state index in [4.69, 9.17) is 0 Å². The van der Waals surface area contributed by atoms with Crippen molar-refractivity contribution in [3.63, 3.8) is 0 Å². The van der Waals surface area contributed by atoms with E-state index in [1.807, 2.05) is 67.5 Å². The third-order valence-electron chi connectivity index (χ3n) is 4.59. The van der Waals surface area contributed by atoms with Crippen LogP contribution in [0.5, 0.6) is 0 Å². The summed E-state index contributed by atoms with van der Waals surface area (Å²) in [7, 11) is 0. The highest BCUT2D eigenvalue weighted by Crippen LogP contribution is 2.35. The van der Waals surface area contributed by atoms with Gasteiger partial charge in [-0.05, 0) is 39.8 Å². The minimum atomic E-state index is 1.10. The molecule has 0 N–H and O–H groups in total. The zero-order chi connectivity index (χ0) is 24.9. The molecule has 1 aliphatic rings. The van der Waals surface area contributed by atoms with Gasteiger partial charge in [0.1, 0.15) is 0 Å². The molecule has 1 aliphatic carbocycles. The largest absolute Gasteiger partial charge is 0.0683 e. The zero-order valence-electron chi connectivity index (χ0n) is 22.1. The molecule has 0 nitrogen and oxygen atoms in total. The van der Waals surface area contributed by atoms with Crippen molar-refractivity contribution in [2.75, 3.05) is 0 Å². The highest BCUT2D eigenvalue weighted by Gasteiger charge is 2.15. The monoisotopic (exact) mass is 440 g/mol. The normalized spacial score (nSPS) is 9.09. The lowest BCUT2D eigenvalue weighted by Crippen LogP contribution is -1.77. The lowest BCUT2D eigenvalue weighted by Gasteiger charge is -1.98. The molecule has 33 heavy (non-hydrogen) atoms. The summed E-state index contributed by atoms with van der Waals surface area (Å²) in [6.07, 6.45) is 1.10. The Labute approximate surface area is 204 Å². The van der Waals surface area contributed by atoms with Gasteiger partial charge in [0, 0.05) is 0 Å². The molecule has 0 unspecified atom stereocenters. The second-order valence-corrected chi connectivity index (χ2v) is 6.22. The van der Waals surface area contributed by atoms with Crippen molar-refractivity contribution in [2.45, 2.75) is 61.8 Å². The Bertz CT molecular complexity index is 872. The van der Waals surface area contributed by atoms with E-state index in [9.17, 15) is 0 Å². The summed E-state index contributed by atoms with van der Waals surface area (Å²) in [5.41, 5.74) is 8.31. The third kappa shape index (κ3) is 9.49. The van der Waals surface area contributed by atoms with Gasteiger partial charge < -0.3 is 0 Å². The van der Waals surface area contributed by atoms with Crippen molar-refractivity contribution in [1.29, 1.82) is 0 Å². The van der Waals surface area contributed by atoms with E-state index in [-0.39, 0.29) is 0 Å². The molecule has 0 fully saturated rings. The molecule has 4 aromatic carbocycles. The predicted molar refractivity (Wildman–Crippen MR) is 152 cm³/mol. The van der Waals surface area contributed by atoms with E-state index < -0.39 is 0 Å². The van der Waals surface area contributed by atoms with Crippen molar-refractivity contribution in [2.24, 2.45) is 0 Å². The number of benzene rings is 4. The molecule has 0 saturated carbocycles. The molecule has 0 heteroatoms. The number of hydrogen-bond donors (Lipinski definition) is 0. The molecule has 0 atom stereocenters. The van der Waals surface area contributed by atoms with E-state index in [1.165, 1.54) is 33.4 Å². The fourth-order valence-electron chi connectivity index (χ4n) is 3.34. The topological polar surface area (TPSA) is 0 Å². The summed E-state index contributed by atoms with van der Waals surface area (Å²) in [5.74, 6) is 0. The lowest BCUT2D eigenvalue weighted by atomic mass is 10.1. The summed E-state index contributed by atoms with van der Waals surface area (Å²) < 4.78 is 0. The first kappa shape index (κ1) is 29.9. The van der Waals surface area contributed by atoms with E-state index in [1.54, 1.807) is 0 Å². The molecule has 5 rings (SSSR count). The molecule has 0 radical (unpaired) electrons. The van der Waals surface area contributed by atoms with E-state index in [0.717, 1.165) is 6.42 Å². The Morgan fingerprint density at radius 2 is 0.606 bits per heavy atom. The van der Waals surface area contributed by atoms with Gasteiger partial charge in [-0.25, -0.2) is 0 Å². The average Bonchev–Trinajstić information content (AvgIpc) is 3.33. The number of hydrogen-bond acceptors (Lipinski definition) is 0. The van der Waals surface area contributed by atoms with Crippen LogP contribution in [0.25, 0.3) is 22.3 Å². The van der Waals surface area contributed by atoms with Gasteiger partial charge in [0.15, 0.2) is 0 Å². The van der Waals surface area contributed by atoms with Gasteiger partial charge in [-0.3, -0.25) is 0 Å². The molecular formula is C33H44. The highest BCUT2D eigenvalue weighted by molar-refractivity contribution is 5.76. The van der Waals surface area contributed by atoms with Crippen molar-refractivity contribution < 1.29 is 0 Å². The predicted octanol–water partition coefficient (Wildman–Crippen LogP) is 10.7. The molecule has 0 aromatic heterocycles. The minimum absolute atomic E-state index is 1.10. The van der Waals surface area contributed by atoms with E-state index in [0.29, 0.717) is 0 Å². The van der Waals surface area contributed by atoms with Crippen LogP contribution in [0.3, 0.4) is 0 Å². The van der Waals surface area contributed by atoms with Crippen LogP contribution in [0.1, 0.15) is 66.5 Å². The maximum Gasteiger partial charge on any atom is -0.00135 e. The fraction of sp³-hybridized carbons (Fsp3) is 0.273. The van der Waals surface area contributed by atoms with E-state index in [2.05, 4.69) is 97.1 Å². The molecule has 4 aromatic rings. The van der Waals surface area contributed by atoms with Crippen molar-refractivity contribution in [3.05, 3.63) is 120 Å². The molecule has 176 valence electrons. The van der Waals surface area contributed by atoms with Gasteiger partial charge in [-0.2, -0.15) is 0 Å². The Morgan fingerprint density at radius 3 is 0.939 bits per heavy atom. The smallest absolute Gasteiger partial charge is 0.00135 e. The minimum Gasteiger partial charge on any atom is -0.0683 e. The van der Waals surface area contributed by atoms with Gasteiger partial charge in [-0.15, -0.1) is 0 Å². The number of rotatable bonds is 1. The maximum absolute atomic E-state index is 2.22. The fourth-order valence-corrected chi connectivity index (χ4v) is 3.34. The summed E-state index contributed by atoms with van der Waals surface area (Å²) in [4.78, 5) is 0. The standard InChI is InChI=1S/C13H10.C12H10.4C2H6/c1-3-7-12-10(5-1)9-11-6-2-4-8-13(11)12;1-3-7-11(8-4-1)12-9-5-2-6-10-12;4*1-2/h1-8H,9H2;1-10H;4*1-2H3. The van der Waals surface area contributed by atoms with Gasteiger partial charge >= 0.3 is 0 Å². The lowest BCUT2D eigenvalue weighted by molar-refractivity contribution is 1.26. The SMILES string of the molecule is CC.CC.CC.CC.c1ccc(-c2ccccc2)cc1.c1ccc2c(c1)Cc1ccccc1-2. The molecule has 0 bridgehead atoms. The Morgan fingerprint density at radius 1 is 0.333 bits per heavy atom. The summed E-state index contributed by atoms with van der Waals surface area (Å²) >= 11 is 0. The second kappa shape index (κ2) is 19.6. The van der Waals surface area contributed by atoms with Crippen molar-refractivity contribution in [3.8, 4) is 22.3 Å². The Balaban J connectivity index is 0.000000479. The highest BCUT2D eigenvalue weighted by atomic mass is 14.2. The number of fused-ring (bicyclic) bond motifs is 3. The average molecular weight is 441 g/mol. The zero-order valence-corrected chi connectivity index (χ0v) is 22.1. The van der Waals surface area contributed by atoms with Gasteiger partial charge in [-0.1, -0.05) is 165 Å². The van der Waals surface area contributed by atoms with Crippen molar-refractivity contribution >= 4 is 0 Å². The first-order valence-corrected chi connectivity index (χ1v) is 12.7. The summed E-state index contributed by atoms with van der Waals surface area (Å²) in [6, 6.07) is 38.1. The molecule has 0 amide bonds. The second-order valence-electron chi connectivity index (χ2n) is 6.22. The van der Waals surface area contributed by atoms with Crippen LogP contribution in [-0.4, -0.2) is 0 Å². The van der Waals surface area contributed by atoms with Crippen LogP contribution >= 0.6 is 0 Å². The van der Waals surface area contributed by atoms with Gasteiger partial charge in [0.25, 0.3) is 0 Å². The Hall–Kier alpha value is -3.12. The quantitative estimate of drug-likeness (QED) is 0.243. The first-order valence-electron chi connectivity index (χ1n) is 12.7. The molecule has 0 spiro atoms. The molecule has 0 aliphatic heterocycles.